The van der Waals surface area contributed by atoms with Crippen molar-refractivity contribution in [3.05, 3.63) is 46.8 Å². The van der Waals surface area contributed by atoms with Crippen molar-refractivity contribution in [2.45, 2.75) is 13.8 Å². The van der Waals surface area contributed by atoms with E-state index in [-0.39, 0.29) is 5.78 Å². The molecule has 18 heavy (non-hydrogen) atoms. The molecule has 0 saturated carbocycles. The molecule has 0 aliphatic carbocycles. The number of aryl methyl sites for hydroxylation is 3. The van der Waals surface area contributed by atoms with E-state index in [1.165, 1.54) is 0 Å². The summed E-state index contributed by atoms with van der Waals surface area (Å²) in [5.41, 5.74) is 3.15. The Labute approximate surface area is 106 Å². The van der Waals surface area contributed by atoms with E-state index in [2.05, 4.69) is 5.10 Å². The maximum Gasteiger partial charge on any atom is 0.214 e. The summed E-state index contributed by atoms with van der Waals surface area (Å²) in [4.78, 5) is 12.5. The molecule has 0 radical (unpaired) electrons. The van der Waals surface area contributed by atoms with Crippen LogP contribution in [0.4, 0.5) is 0 Å². The SMILES string of the molecule is COc1cc(C)cc(C)c1C(=O)c1ccnn1C. The molecule has 1 aromatic carbocycles. The van der Waals surface area contributed by atoms with Crippen LogP contribution in [-0.4, -0.2) is 22.7 Å². The first-order valence-corrected chi connectivity index (χ1v) is 5.72. The Bertz CT molecular complexity index is 600. The third-order valence-corrected chi connectivity index (χ3v) is 2.94. The molecule has 2 aromatic rings. The van der Waals surface area contributed by atoms with Gasteiger partial charge in [0.2, 0.25) is 5.78 Å². The highest BCUT2D eigenvalue weighted by Crippen LogP contribution is 2.26. The van der Waals surface area contributed by atoms with Crippen LogP contribution < -0.4 is 4.74 Å². The van der Waals surface area contributed by atoms with Crippen molar-refractivity contribution in [3.63, 3.8) is 0 Å². The lowest BCUT2D eigenvalue weighted by atomic mass is 9.99. The first kappa shape index (κ1) is 12.4. The van der Waals surface area contributed by atoms with Crippen LogP contribution in [0.15, 0.2) is 24.4 Å². The van der Waals surface area contributed by atoms with E-state index < -0.39 is 0 Å². The number of nitrogens with zero attached hydrogens (tertiary/aromatic N) is 2. The van der Waals surface area contributed by atoms with Gasteiger partial charge in [0.05, 0.1) is 12.7 Å². The predicted octanol–water partition coefficient (Wildman–Crippen LogP) is 2.28. The number of hydrogen-bond donors (Lipinski definition) is 0. The average Bonchev–Trinajstić information content (AvgIpc) is 2.73. The van der Waals surface area contributed by atoms with Gasteiger partial charge in [-0.05, 0) is 37.1 Å². The second kappa shape index (κ2) is 4.64. The molecule has 0 aliphatic rings. The van der Waals surface area contributed by atoms with Gasteiger partial charge in [0, 0.05) is 13.2 Å². The fourth-order valence-electron chi connectivity index (χ4n) is 2.11. The van der Waals surface area contributed by atoms with Crippen molar-refractivity contribution in [1.82, 2.24) is 9.78 Å². The van der Waals surface area contributed by atoms with Crippen LogP contribution in [-0.2, 0) is 7.05 Å². The molecule has 1 aromatic heterocycles. The summed E-state index contributed by atoms with van der Waals surface area (Å²) in [5, 5.41) is 4.02. The molecule has 0 atom stereocenters. The van der Waals surface area contributed by atoms with Gasteiger partial charge in [-0.1, -0.05) is 6.07 Å². The van der Waals surface area contributed by atoms with Crippen LogP contribution in [0.5, 0.6) is 5.75 Å². The number of hydrogen-bond acceptors (Lipinski definition) is 3. The highest BCUT2D eigenvalue weighted by atomic mass is 16.5. The summed E-state index contributed by atoms with van der Waals surface area (Å²) in [5.74, 6) is 0.544. The number of carbonyl (C=O) groups is 1. The van der Waals surface area contributed by atoms with Crippen LogP contribution in [0.25, 0.3) is 0 Å². The summed E-state index contributed by atoms with van der Waals surface area (Å²) >= 11 is 0. The molecular formula is C14H16N2O2. The van der Waals surface area contributed by atoms with E-state index in [1.807, 2.05) is 26.0 Å². The van der Waals surface area contributed by atoms with Crippen molar-refractivity contribution >= 4 is 5.78 Å². The average molecular weight is 244 g/mol. The van der Waals surface area contributed by atoms with Gasteiger partial charge in [-0.15, -0.1) is 0 Å². The zero-order valence-electron chi connectivity index (χ0n) is 11.0. The van der Waals surface area contributed by atoms with Crippen molar-refractivity contribution < 1.29 is 9.53 Å². The van der Waals surface area contributed by atoms with Gasteiger partial charge >= 0.3 is 0 Å². The van der Waals surface area contributed by atoms with Crippen LogP contribution in [0.2, 0.25) is 0 Å². The van der Waals surface area contributed by atoms with Crippen LogP contribution in [0.1, 0.15) is 27.2 Å². The molecule has 4 nitrogen and oxygen atoms in total. The first-order chi connectivity index (χ1) is 8.54. The zero-order chi connectivity index (χ0) is 13.3. The Balaban J connectivity index is 2.58. The fraction of sp³-hybridized carbons (Fsp3) is 0.286. The lowest BCUT2D eigenvalue weighted by Crippen LogP contribution is -2.11. The van der Waals surface area contributed by atoms with Crippen molar-refractivity contribution in [1.29, 1.82) is 0 Å². The van der Waals surface area contributed by atoms with Gasteiger partial charge in [0.1, 0.15) is 11.4 Å². The van der Waals surface area contributed by atoms with E-state index in [4.69, 9.17) is 4.74 Å². The third kappa shape index (κ3) is 2.01. The zero-order valence-corrected chi connectivity index (χ0v) is 11.0. The Morgan fingerprint density at radius 2 is 2.06 bits per heavy atom. The molecule has 0 N–H and O–H groups in total. The first-order valence-electron chi connectivity index (χ1n) is 5.72. The minimum Gasteiger partial charge on any atom is -0.496 e. The number of aromatic nitrogens is 2. The number of ether oxygens (including phenoxy) is 1. The summed E-state index contributed by atoms with van der Waals surface area (Å²) in [7, 11) is 3.33. The maximum absolute atomic E-state index is 12.5. The van der Waals surface area contributed by atoms with E-state index in [1.54, 1.807) is 31.1 Å². The summed E-state index contributed by atoms with van der Waals surface area (Å²) in [6.07, 6.45) is 1.61. The molecule has 4 heteroatoms. The molecule has 0 aliphatic heterocycles. The summed E-state index contributed by atoms with van der Waals surface area (Å²) in [6.45, 7) is 3.90. The monoisotopic (exact) mass is 244 g/mol. The van der Waals surface area contributed by atoms with Gasteiger partial charge in [0.15, 0.2) is 0 Å². The lowest BCUT2D eigenvalue weighted by Gasteiger charge is -2.12. The van der Waals surface area contributed by atoms with Gasteiger partial charge in [-0.3, -0.25) is 9.48 Å². The van der Waals surface area contributed by atoms with Gasteiger partial charge in [-0.2, -0.15) is 5.10 Å². The van der Waals surface area contributed by atoms with Crippen molar-refractivity contribution in [2.75, 3.05) is 7.11 Å². The second-order valence-corrected chi connectivity index (χ2v) is 4.33. The largest absolute Gasteiger partial charge is 0.496 e. The molecule has 2 rings (SSSR count). The predicted molar refractivity (Wildman–Crippen MR) is 69.1 cm³/mol. The Morgan fingerprint density at radius 3 is 2.61 bits per heavy atom. The van der Waals surface area contributed by atoms with E-state index in [0.29, 0.717) is 17.0 Å². The van der Waals surface area contributed by atoms with E-state index >= 15 is 0 Å². The van der Waals surface area contributed by atoms with Gasteiger partial charge < -0.3 is 4.74 Å². The van der Waals surface area contributed by atoms with Gasteiger partial charge in [0.25, 0.3) is 0 Å². The maximum atomic E-state index is 12.5. The molecule has 0 amide bonds. The standard InChI is InChI=1S/C14H16N2O2/c1-9-7-10(2)13(12(8-9)18-4)14(17)11-5-6-15-16(11)3/h5-8H,1-4H3. The Morgan fingerprint density at radius 1 is 1.33 bits per heavy atom. The Kier molecular flexibility index (Phi) is 3.19. The molecule has 0 unspecified atom stereocenters. The van der Waals surface area contributed by atoms with Crippen LogP contribution in [0, 0.1) is 13.8 Å². The third-order valence-electron chi connectivity index (χ3n) is 2.94. The van der Waals surface area contributed by atoms with E-state index in [9.17, 15) is 4.79 Å². The quantitative estimate of drug-likeness (QED) is 0.778. The number of methoxy groups -OCH3 is 1. The molecule has 94 valence electrons. The molecular weight excluding hydrogens is 228 g/mol. The molecule has 0 saturated heterocycles. The lowest BCUT2D eigenvalue weighted by molar-refractivity contribution is 0.102. The van der Waals surface area contributed by atoms with Gasteiger partial charge in [-0.25, -0.2) is 0 Å². The van der Waals surface area contributed by atoms with E-state index in [0.717, 1.165) is 11.1 Å². The van der Waals surface area contributed by atoms with Crippen molar-refractivity contribution in [2.24, 2.45) is 7.05 Å². The second-order valence-electron chi connectivity index (χ2n) is 4.33. The smallest absolute Gasteiger partial charge is 0.214 e. The summed E-state index contributed by atoms with van der Waals surface area (Å²) in [6, 6.07) is 5.56. The highest BCUT2D eigenvalue weighted by molar-refractivity contribution is 6.10. The number of rotatable bonds is 3. The minimum atomic E-state index is -0.0654. The number of carbonyl (C=O) groups excluding carboxylic acids is 1. The minimum absolute atomic E-state index is 0.0654. The Hall–Kier alpha value is -2.10. The molecule has 1 heterocycles. The number of benzene rings is 1. The fourth-order valence-corrected chi connectivity index (χ4v) is 2.11. The summed E-state index contributed by atoms with van der Waals surface area (Å²) < 4.78 is 6.89. The number of ketones is 1. The van der Waals surface area contributed by atoms with Crippen LogP contribution in [0.3, 0.4) is 0 Å². The molecule has 0 bridgehead atoms. The van der Waals surface area contributed by atoms with Crippen molar-refractivity contribution in [3.8, 4) is 5.75 Å². The topological polar surface area (TPSA) is 44.1 Å². The van der Waals surface area contributed by atoms with Crippen LogP contribution >= 0.6 is 0 Å². The highest BCUT2D eigenvalue weighted by Gasteiger charge is 2.19. The normalized spacial score (nSPS) is 10.4. The molecule has 0 fully saturated rings. The molecule has 0 spiro atoms.